The zero-order chi connectivity index (χ0) is 16.7. The van der Waals surface area contributed by atoms with E-state index in [0.717, 1.165) is 16.9 Å². The Hall–Kier alpha value is -1.55. The molecule has 1 atom stereocenters. The molecule has 0 unspecified atom stereocenters. The number of hydrogen-bond donors (Lipinski definition) is 0. The number of esters is 1. The van der Waals surface area contributed by atoms with Gasteiger partial charge in [0, 0.05) is 11.1 Å². The van der Waals surface area contributed by atoms with Gasteiger partial charge in [0.15, 0.2) is 0 Å². The van der Waals surface area contributed by atoms with E-state index in [2.05, 4.69) is 33.9 Å². The fourth-order valence-electron chi connectivity index (χ4n) is 2.32. The molecule has 0 saturated heterocycles. The molecule has 1 heterocycles. The molecule has 1 aliphatic heterocycles. The van der Waals surface area contributed by atoms with Crippen molar-refractivity contribution in [1.82, 2.24) is 0 Å². The van der Waals surface area contributed by atoms with Crippen LogP contribution in [0.4, 0.5) is 0 Å². The normalized spacial score (nSPS) is 19.4. The molecule has 0 N–H and O–H groups in total. The first kappa shape index (κ1) is 16.8. The van der Waals surface area contributed by atoms with Crippen molar-refractivity contribution in [3.8, 4) is 5.75 Å². The van der Waals surface area contributed by atoms with E-state index in [1.54, 1.807) is 0 Å². The van der Waals surface area contributed by atoms with E-state index in [9.17, 15) is 4.79 Å². The second-order valence-corrected chi connectivity index (χ2v) is 12.2. The molecule has 1 aromatic rings. The van der Waals surface area contributed by atoms with Gasteiger partial charge >= 0.3 is 5.97 Å². The summed E-state index contributed by atoms with van der Waals surface area (Å²) in [5.41, 5.74) is 2.70. The molecule has 120 valence electrons. The molecule has 0 aliphatic carbocycles. The van der Waals surface area contributed by atoms with Crippen LogP contribution in [0.2, 0.25) is 18.1 Å². The average molecular weight is 318 g/mol. The number of cyclic esters (lactones) is 1. The summed E-state index contributed by atoms with van der Waals surface area (Å²) in [5, 5.41) is 0.172. The second-order valence-electron chi connectivity index (χ2n) is 7.47. The molecule has 2 rings (SSSR count). The maximum Gasteiger partial charge on any atom is 0.334 e. The fourth-order valence-corrected chi connectivity index (χ4v) is 3.36. The number of benzene rings is 1. The predicted molar refractivity (Wildman–Crippen MR) is 92.4 cm³/mol. The van der Waals surface area contributed by atoms with Crippen molar-refractivity contribution in [3.63, 3.8) is 0 Å². The smallest absolute Gasteiger partial charge is 0.334 e. The summed E-state index contributed by atoms with van der Waals surface area (Å²) >= 11 is 0. The van der Waals surface area contributed by atoms with Crippen LogP contribution < -0.4 is 4.43 Å². The molecule has 1 aliphatic rings. The number of ether oxygens (including phenoxy) is 1. The zero-order valence-electron chi connectivity index (χ0n) is 14.6. The minimum Gasteiger partial charge on any atom is -0.544 e. The summed E-state index contributed by atoms with van der Waals surface area (Å²) < 4.78 is 11.5. The minimum absolute atomic E-state index is 0.172. The highest BCUT2D eigenvalue weighted by Gasteiger charge is 2.39. The van der Waals surface area contributed by atoms with E-state index >= 15 is 0 Å². The van der Waals surface area contributed by atoms with Crippen LogP contribution in [0, 0.1) is 0 Å². The van der Waals surface area contributed by atoms with Gasteiger partial charge < -0.3 is 9.16 Å². The Labute approximate surface area is 134 Å². The highest BCUT2D eigenvalue weighted by Crippen LogP contribution is 2.38. The van der Waals surface area contributed by atoms with Gasteiger partial charge in [-0.2, -0.15) is 0 Å². The Morgan fingerprint density at radius 2 is 1.68 bits per heavy atom. The van der Waals surface area contributed by atoms with Crippen molar-refractivity contribution in [2.45, 2.75) is 58.9 Å². The van der Waals surface area contributed by atoms with Crippen molar-refractivity contribution in [3.05, 3.63) is 35.4 Å². The Morgan fingerprint density at radius 3 is 2.09 bits per heavy atom. The molecular formula is C18H26O3Si. The topological polar surface area (TPSA) is 35.5 Å². The third kappa shape index (κ3) is 3.12. The van der Waals surface area contributed by atoms with Crippen molar-refractivity contribution < 1.29 is 14.0 Å². The van der Waals surface area contributed by atoms with Gasteiger partial charge in [-0.05, 0) is 49.7 Å². The highest BCUT2D eigenvalue weighted by atomic mass is 28.4. The summed E-state index contributed by atoms with van der Waals surface area (Å²) in [7, 11) is -1.82. The van der Waals surface area contributed by atoms with E-state index < -0.39 is 8.32 Å². The molecule has 0 bridgehead atoms. The lowest BCUT2D eigenvalue weighted by molar-refractivity contribution is -0.138. The first-order valence-corrected chi connectivity index (χ1v) is 10.6. The number of rotatable bonds is 3. The van der Waals surface area contributed by atoms with E-state index in [4.69, 9.17) is 9.16 Å². The van der Waals surface area contributed by atoms with Crippen LogP contribution >= 0.6 is 0 Å². The van der Waals surface area contributed by atoms with Crippen LogP contribution in [0.15, 0.2) is 29.8 Å². The monoisotopic (exact) mass is 318 g/mol. The van der Waals surface area contributed by atoms with E-state index in [0.29, 0.717) is 5.57 Å². The van der Waals surface area contributed by atoms with Crippen LogP contribution in [0.25, 0.3) is 5.57 Å². The maximum atomic E-state index is 11.6. The van der Waals surface area contributed by atoms with Gasteiger partial charge in [-0.25, -0.2) is 4.79 Å². The summed E-state index contributed by atoms with van der Waals surface area (Å²) in [5.74, 6) is 0.676. The Bertz CT molecular complexity index is 606. The third-order valence-corrected chi connectivity index (χ3v) is 9.10. The molecule has 0 spiro atoms. The molecule has 4 heteroatoms. The third-order valence-electron chi connectivity index (χ3n) is 4.75. The minimum atomic E-state index is -1.82. The van der Waals surface area contributed by atoms with Gasteiger partial charge in [0.2, 0.25) is 8.32 Å². The van der Waals surface area contributed by atoms with Gasteiger partial charge in [0.1, 0.15) is 11.9 Å². The quantitative estimate of drug-likeness (QED) is 0.594. The Balaban J connectivity index is 2.24. The largest absolute Gasteiger partial charge is 0.544 e. The summed E-state index contributed by atoms with van der Waals surface area (Å²) in [6.07, 6.45) is -0.181. The Kier molecular flexibility index (Phi) is 4.26. The van der Waals surface area contributed by atoms with E-state index in [1.807, 2.05) is 38.1 Å². The number of hydrogen-bond acceptors (Lipinski definition) is 3. The molecule has 0 amide bonds. The van der Waals surface area contributed by atoms with Gasteiger partial charge in [-0.1, -0.05) is 32.9 Å². The lowest BCUT2D eigenvalue weighted by atomic mass is 9.98. The molecule has 0 radical (unpaired) electrons. The van der Waals surface area contributed by atoms with Crippen LogP contribution in [0.5, 0.6) is 5.75 Å². The summed E-state index contributed by atoms with van der Waals surface area (Å²) in [4.78, 5) is 11.6. The van der Waals surface area contributed by atoms with Crippen molar-refractivity contribution in [2.24, 2.45) is 0 Å². The van der Waals surface area contributed by atoms with E-state index in [-0.39, 0.29) is 17.1 Å². The first-order chi connectivity index (χ1) is 10.0. The fraction of sp³-hybridized carbons (Fsp3) is 0.500. The van der Waals surface area contributed by atoms with Crippen molar-refractivity contribution in [1.29, 1.82) is 0 Å². The SMILES string of the molecule is CC1=C(c2ccc(O[Si](C)(C)C(C)(C)C)cc2)[C@H](C)OC1=O. The van der Waals surface area contributed by atoms with E-state index in [1.165, 1.54) is 0 Å². The molecule has 0 fully saturated rings. The molecular weight excluding hydrogens is 292 g/mol. The van der Waals surface area contributed by atoms with Crippen molar-refractivity contribution >= 4 is 19.9 Å². The van der Waals surface area contributed by atoms with Crippen LogP contribution in [0.3, 0.4) is 0 Å². The Morgan fingerprint density at radius 1 is 1.14 bits per heavy atom. The molecule has 0 aromatic heterocycles. The molecule has 22 heavy (non-hydrogen) atoms. The van der Waals surface area contributed by atoms with Gasteiger partial charge in [0.05, 0.1) is 0 Å². The number of carbonyl (C=O) groups excluding carboxylic acids is 1. The second kappa shape index (κ2) is 5.58. The summed E-state index contributed by atoms with van der Waals surface area (Å²) in [6.45, 7) is 14.9. The van der Waals surface area contributed by atoms with Crippen LogP contribution in [0.1, 0.15) is 40.2 Å². The first-order valence-electron chi connectivity index (χ1n) is 7.74. The molecule has 1 aromatic carbocycles. The summed E-state index contributed by atoms with van der Waals surface area (Å²) in [6, 6.07) is 8.01. The number of carbonyl (C=O) groups is 1. The average Bonchev–Trinajstić information content (AvgIpc) is 2.63. The van der Waals surface area contributed by atoms with Gasteiger partial charge in [-0.15, -0.1) is 0 Å². The molecule has 0 saturated carbocycles. The van der Waals surface area contributed by atoms with Crippen LogP contribution in [-0.2, 0) is 9.53 Å². The van der Waals surface area contributed by atoms with Crippen LogP contribution in [-0.4, -0.2) is 20.4 Å². The lowest BCUT2D eigenvalue weighted by Crippen LogP contribution is -2.43. The predicted octanol–water partition coefficient (Wildman–Crippen LogP) is 4.79. The van der Waals surface area contributed by atoms with Gasteiger partial charge in [0.25, 0.3) is 0 Å². The highest BCUT2D eigenvalue weighted by molar-refractivity contribution is 6.74. The van der Waals surface area contributed by atoms with Gasteiger partial charge in [-0.3, -0.25) is 0 Å². The standard InChI is InChI=1S/C18H26O3Si/c1-12-16(13(2)20-17(12)19)14-8-10-15(11-9-14)21-22(6,7)18(3,4)5/h8-11,13H,1-7H3/t13-/m0/s1. The van der Waals surface area contributed by atoms with Crippen molar-refractivity contribution in [2.75, 3.05) is 0 Å². The maximum absolute atomic E-state index is 11.6. The lowest BCUT2D eigenvalue weighted by Gasteiger charge is -2.36. The zero-order valence-corrected chi connectivity index (χ0v) is 15.6. The molecule has 3 nitrogen and oxygen atoms in total.